The zero-order chi connectivity index (χ0) is 20.2. The SMILES string of the molecule is Cn1nc(-c2ccc(F)cc2)cc1C(=O)NCCN1CCC(c2cccs2)CC1. The summed E-state index contributed by atoms with van der Waals surface area (Å²) in [5.41, 5.74) is 1.95. The molecule has 1 aromatic carbocycles. The van der Waals surface area contributed by atoms with Crippen molar-refractivity contribution in [2.75, 3.05) is 26.2 Å². The molecule has 29 heavy (non-hydrogen) atoms. The van der Waals surface area contributed by atoms with E-state index in [0.29, 0.717) is 23.9 Å². The summed E-state index contributed by atoms with van der Waals surface area (Å²) in [7, 11) is 1.75. The van der Waals surface area contributed by atoms with Crippen molar-refractivity contribution in [1.82, 2.24) is 20.0 Å². The number of amides is 1. The highest BCUT2D eigenvalue weighted by molar-refractivity contribution is 7.10. The second-order valence-corrected chi connectivity index (χ2v) is 8.41. The molecule has 0 spiro atoms. The van der Waals surface area contributed by atoms with E-state index in [9.17, 15) is 9.18 Å². The Morgan fingerprint density at radius 2 is 2.00 bits per heavy atom. The van der Waals surface area contributed by atoms with Gasteiger partial charge in [-0.3, -0.25) is 9.48 Å². The maximum atomic E-state index is 13.1. The number of piperidine rings is 1. The van der Waals surface area contributed by atoms with E-state index < -0.39 is 0 Å². The Bertz CT molecular complexity index is 944. The Labute approximate surface area is 174 Å². The normalized spacial score (nSPS) is 15.5. The molecule has 1 aliphatic heterocycles. The van der Waals surface area contributed by atoms with Crippen molar-refractivity contribution in [2.24, 2.45) is 7.05 Å². The van der Waals surface area contributed by atoms with Gasteiger partial charge in [-0.15, -0.1) is 11.3 Å². The molecule has 3 heterocycles. The highest BCUT2D eigenvalue weighted by Crippen LogP contribution is 2.30. The Kier molecular flexibility index (Phi) is 6.06. The van der Waals surface area contributed by atoms with Crippen LogP contribution in [0.3, 0.4) is 0 Å². The molecule has 0 atom stereocenters. The number of hydrogen-bond donors (Lipinski definition) is 1. The zero-order valence-electron chi connectivity index (χ0n) is 16.5. The molecule has 1 N–H and O–H groups in total. The highest BCUT2D eigenvalue weighted by Gasteiger charge is 2.21. The Morgan fingerprint density at radius 1 is 1.24 bits per heavy atom. The fourth-order valence-electron chi connectivity index (χ4n) is 3.82. The topological polar surface area (TPSA) is 50.2 Å². The van der Waals surface area contributed by atoms with Crippen molar-refractivity contribution in [3.05, 3.63) is 64.2 Å². The van der Waals surface area contributed by atoms with Gasteiger partial charge in [-0.1, -0.05) is 6.07 Å². The predicted octanol–water partition coefficient (Wildman–Crippen LogP) is 3.90. The molecule has 1 fully saturated rings. The van der Waals surface area contributed by atoms with Crippen molar-refractivity contribution in [2.45, 2.75) is 18.8 Å². The van der Waals surface area contributed by atoms with Crippen molar-refractivity contribution in [3.8, 4) is 11.3 Å². The summed E-state index contributed by atoms with van der Waals surface area (Å²) in [5, 5.41) is 9.54. The van der Waals surface area contributed by atoms with Gasteiger partial charge in [-0.05, 0) is 73.6 Å². The molecule has 0 bridgehead atoms. The van der Waals surface area contributed by atoms with Crippen LogP contribution in [0.5, 0.6) is 0 Å². The minimum Gasteiger partial charge on any atom is -0.349 e. The fourth-order valence-corrected chi connectivity index (χ4v) is 4.72. The molecular formula is C22H25FN4OS. The second kappa shape index (κ2) is 8.88. The lowest BCUT2D eigenvalue weighted by atomic mass is 9.95. The first-order valence-electron chi connectivity index (χ1n) is 9.94. The molecule has 0 radical (unpaired) electrons. The van der Waals surface area contributed by atoms with Gasteiger partial charge in [-0.25, -0.2) is 4.39 Å². The van der Waals surface area contributed by atoms with E-state index >= 15 is 0 Å². The van der Waals surface area contributed by atoms with E-state index in [1.165, 1.54) is 29.9 Å². The minimum atomic E-state index is -0.290. The summed E-state index contributed by atoms with van der Waals surface area (Å²) in [6.07, 6.45) is 2.36. The predicted molar refractivity (Wildman–Crippen MR) is 114 cm³/mol. The molecule has 0 aliphatic carbocycles. The summed E-state index contributed by atoms with van der Waals surface area (Å²) in [6, 6.07) is 12.2. The van der Waals surface area contributed by atoms with E-state index in [1.807, 2.05) is 11.3 Å². The van der Waals surface area contributed by atoms with Gasteiger partial charge < -0.3 is 10.2 Å². The van der Waals surface area contributed by atoms with Crippen LogP contribution < -0.4 is 5.32 Å². The molecular weight excluding hydrogens is 387 g/mol. The third-order valence-corrected chi connectivity index (χ3v) is 6.53. The Morgan fingerprint density at radius 3 is 2.69 bits per heavy atom. The van der Waals surface area contributed by atoms with E-state index in [0.717, 1.165) is 25.2 Å². The summed E-state index contributed by atoms with van der Waals surface area (Å²) in [5.74, 6) is 0.254. The number of halogens is 1. The van der Waals surface area contributed by atoms with Gasteiger partial charge in [0.05, 0.1) is 5.69 Å². The number of nitrogens with one attached hydrogen (secondary N) is 1. The summed E-state index contributed by atoms with van der Waals surface area (Å²) in [6.45, 7) is 3.60. The monoisotopic (exact) mass is 412 g/mol. The van der Waals surface area contributed by atoms with Crippen LogP contribution in [-0.4, -0.2) is 46.8 Å². The van der Waals surface area contributed by atoms with Crippen LogP contribution in [0.4, 0.5) is 4.39 Å². The smallest absolute Gasteiger partial charge is 0.269 e. The average Bonchev–Trinajstić information content (AvgIpc) is 3.39. The van der Waals surface area contributed by atoms with Crippen molar-refractivity contribution in [1.29, 1.82) is 0 Å². The van der Waals surface area contributed by atoms with Gasteiger partial charge in [0.15, 0.2) is 0 Å². The minimum absolute atomic E-state index is 0.137. The largest absolute Gasteiger partial charge is 0.349 e. The first kappa shape index (κ1) is 19.8. The molecule has 5 nitrogen and oxygen atoms in total. The number of benzene rings is 1. The number of carbonyl (C=O) groups is 1. The molecule has 0 unspecified atom stereocenters. The first-order valence-corrected chi connectivity index (χ1v) is 10.8. The van der Waals surface area contributed by atoms with E-state index in [-0.39, 0.29) is 11.7 Å². The molecule has 7 heteroatoms. The fraction of sp³-hybridized carbons (Fsp3) is 0.364. The summed E-state index contributed by atoms with van der Waals surface area (Å²) in [4.78, 5) is 16.5. The quantitative estimate of drug-likeness (QED) is 0.668. The number of likely N-dealkylation sites (tertiary alicyclic amines) is 1. The molecule has 4 rings (SSSR count). The van der Waals surface area contributed by atoms with Crippen molar-refractivity contribution < 1.29 is 9.18 Å². The molecule has 0 saturated carbocycles. The second-order valence-electron chi connectivity index (χ2n) is 7.43. The van der Waals surface area contributed by atoms with Gasteiger partial charge in [-0.2, -0.15) is 5.10 Å². The van der Waals surface area contributed by atoms with Crippen molar-refractivity contribution >= 4 is 17.2 Å². The number of hydrogen-bond acceptors (Lipinski definition) is 4. The number of rotatable bonds is 6. The maximum Gasteiger partial charge on any atom is 0.269 e. The lowest BCUT2D eigenvalue weighted by molar-refractivity contribution is 0.0936. The molecule has 3 aromatic rings. The van der Waals surface area contributed by atoms with Gasteiger partial charge >= 0.3 is 0 Å². The average molecular weight is 413 g/mol. The van der Waals surface area contributed by atoms with Crippen LogP contribution in [0.15, 0.2) is 47.8 Å². The standard InChI is InChI=1S/C22H25FN4OS/c1-26-20(15-19(25-26)16-4-6-18(23)7-5-16)22(28)24-10-13-27-11-8-17(9-12-27)21-3-2-14-29-21/h2-7,14-15,17H,8-13H2,1H3,(H,24,28). The van der Waals surface area contributed by atoms with Gasteiger partial charge in [0.1, 0.15) is 11.5 Å². The molecule has 152 valence electrons. The van der Waals surface area contributed by atoms with Crippen LogP contribution in [-0.2, 0) is 7.05 Å². The number of aromatic nitrogens is 2. The van der Waals surface area contributed by atoms with Crippen molar-refractivity contribution in [3.63, 3.8) is 0 Å². The molecule has 1 aliphatic rings. The van der Waals surface area contributed by atoms with E-state index in [1.54, 1.807) is 29.9 Å². The molecule has 1 saturated heterocycles. The third kappa shape index (κ3) is 4.74. The van der Waals surface area contributed by atoms with Gasteiger partial charge in [0.2, 0.25) is 0 Å². The lowest BCUT2D eigenvalue weighted by Crippen LogP contribution is -2.39. The van der Waals surface area contributed by atoms with Gasteiger partial charge in [0.25, 0.3) is 5.91 Å². The van der Waals surface area contributed by atoms with Crippen LogP contribution in [0, 0.1) is 5.82 Å². The number of aryl methyl sites for hydroxylation is 1. The van der Waals surface area contributed by atoms with Crippen LogP contribution in [0.2, 0.25) is 0 Å². The Balaban J connectivity index is 1.26. The summed E-state index contributed by atoms with van der Waals surface area (Å²) >= 11 is 1.85. The van der Waals surface area contributed by atoms with E-state index in [2.05, 4.69) is 32.8 Å². The summed E-state index contributed by atoms with van der Waals surface area (Å²) < 4.78 is 14.7. The molecule has 2 aromatic heterocycles. The molecule has 1 amide bonds. The Hall–Kier alpha value is -2.51. The third-order valence-electron chi connectivity index (χ3n) is 5.50. The van der Waals surface area contributed by atoms with E-state index in [4.69, 9.17) is 0 Å². The highest BCUT2D eigenvalue weighted by atomic mass is 32.1. The van der Waals surface area contributed by atoms with Crippen LogP contribution >= 0.6 is 11.3 Å². The number of nitrogens with zero attached hydrogens (tertiary/aromatic N) is 3. The first-order chi connectivity index (χ1) is 14.1. The maximum absolute atomic E-state index is 13.1. The van der Waals surface area contributed by atoms with Crippen LogP contribution in [0.25, 0.3) is 11.3 Å². The van der Waals surface area contributed by atoms with Crippen LogP contribution in [0.1, 0.15) is 34.1 Å². The zero-order valence-corrected chi connectivity index (χ0v) is 17.3. The number of thiophene rings is 1. The number of carbonyl (C=O) groups excluding carboxylic acids is 1. The van der Waals surface area contributed by atoms with Gasteiger partial charge in [0, 0.05) is 30.6 Å². The lowest BCUT2D eigenvalue weighted by Gasteiger charge is -2.31.